The molecule has 7 rings (SSSR count). The number of hydrogen-bond acceptors (Lipinski definition) is 0. The van der Waals surface area contributed by atoms with E-state index >= 15 is 0 Å². The van der Waals surface area contributed by atoms with Crippen LogP contribution in [0.2, 0.25) is 8.26 Å². The van der Waals surface area contributed by atoms with Gasteiger partial charge in [-0.25, -0.2) is 0 Å². The Morgan fingerprint density at radius 3 is 0.966 bits per heavy atom. The second-order valence-electron chi connectivity index (χ2n) is 8.95. The van der Waals surface area contributed by atoms with E-state index in [-0.39, 0.29) is 0 Å². The third-order valence-corrected chi connectivity index (χ3v) is 20.4. The first-order valence-corrected chi connectivity index (χ1v) is 17.1. The molecule has 2 aliphatic carbocycles. The normalized spacial score (nSPS) is 18.1. The van der Waals surface area contributed by atoms with Gasteiger partial charge in [0.25, 0.3) is 0 Å². The van der Waals surface area contributed by atoms with Crippen LogP contribution in [0.1, 0.15) is 29.5 Å². The summed E-state index contributed by atoms with van der Waals surface area (Å²) >= 11 is -2.55. The first kappa shape index (κ1) is 16.5. The molecule has 1 heterocycles. The summed E-state index contributed by atoms with van der Waals surface area (Å²) in [6, 6.07) is 37.1. The zero-order valence-corrected chi connectivity index (χ0v) is 18.8. The second-order valence-corrected chi connectivity index (χ2v) is 20.3. The first-order chi connectivity index (χ1) is 14.4. The number of fused-ring (bicyclic) bond motifs is 6. The fourth-order valence-corrected chi connectivity index (χ4v) is 23.6. The van der Waals surface area contributed by atoms with Gasteiger partial charge in [-0.15, -0.1) is 0 Å². The van der Waals surface area contributed by atoms with Gasteiger partial charge >= 0.3 is 177 Å². The molecule has 1 saturated heterocycles. The summed E-state index contributed by atoms with van der Waals surface area (Å²) < 4.78 is 4.41. The molecule has 1 heteroatoms. The molecule has 0 unspecified atom stereocenters. The molecule has 0 aromatic heterocycles. The van der Waals surface area contributed by atoms with Gasteiger partial charge in [0.15, 0.2) is 0 Å². The molecular formula is C28H22Zr. The second kappa shape index (κ2) is 5.90. The van der Waals surface area contributed by atoms with Gasteiger partial charge in [0.05, 0.1) is 0 Å². The van der Waals surface area contributed by atoms with Gasteiger partial charge in [-0.3, -0.25) is 0 Å². The summed E-state index contributed by atoms with van der Waals surface area (Å²) in [7, 11) is 0. The van der Waals surface area contributed by atoms with Crippen molar-refractivity contribution in [2.24, 2.45) is 0 Å². The molecule has 0 nitrogen and oxygen atoms in total. The first-order valence-electron chi connectivity index (χ1n) is 10.7. The van der Waals surface area contributed by atoms with Crippen LogP contribution in [0.5, 0.6) is 0 Å². The molecule has 4 aromatic carbocycles. The molecule has 0 bridgehead atoms. The van der Waals surface area contributed by atoms with Crippen molar-refractivity contribution < 1.29 is 20.3 Å². The number of hydrogen-bond donors (Lipinski definition) is 0. The van der Waals surface area contributed by atoms with Crippen molar-refractivity contribution in [3.63, 3.8) is 0 Å². The zero-order chi connectivity index (χ0) is 19.0. The minimum absolute atomic E-state index is 0.695. The van der Waals surface area contributed by atoms with E-state index in [0.29, 0.717) is 7.25 Å². The Morgan fingerprint density at radius 2 is 0.690 bits per heavy atom. The third-order valence-electron chi connectivity index (χ3n) is 7.64. The summed E-state index contributed by atoms with van der Waals surface area (Å²) in [5.41, 5.74) is 12.5. The maximum atomic E-state index is 2.43. The van der Waals surface area contributed by atoms with Gasteiger partial charge < -0.3 is 0 Å². The molecule has 1 fully saturated rings. The molecule has 29 heavy (non-hydrogen) atoms. The Labute approximate surface area is 176 Å². The topological polar surface area (TPSA) is 0 Å². The van der Waals surface area contributed by atoms with E-state index in [2.05, 4.69) is 97.1 Å². The Bertz CT molecular complexity index is 1090. The molecule has 138 valence electrons. The summed E-state index contributed by atoms with van der Waals surface area (Å²) in [6.45, 7) is 0. The average Bonchev–Trinajstić information content (AvgIpc) is 3.38. The van der Waals surface area contributed by atoms with Crippen molar-refractivity contribution in [2.45, 2.75) is 15.5 Å². The zero-order valence-electron chi connectivity index (χ0n) is 16.3. The van der Waals surface area contributed by atoms with Crippen LogP contribution in [0, 0.1) is 0 Å². The average molecular weight is 450 g/mol. The number of rotatable bonds is 2. The van der Waals surface area contributed by atoms with E-state index in [1.165, 1.54) is 30.5 Å². The van der Waals surface area contributed by atoms with Gasteiger partial charge in [-0.1, -0.05) is 0 Å². The summed E-state index contributed by atoms with van der Waals surface area (Å²) in [5, 5.41) is 0. The van der Waals surface area contributed by atoms with Crippen molar-refractivity contribution in [1.82, 2.24) is 0 Å². The van der Waals surface area contributed by atoms with E-state index in [1.54, 1.807) is 22.3 Å². The van der Waals surface area contributed by atoms with Crippen LogP contribution in [0.25, 0.3) is 22.3 Å². The Kier molecular flexibility index (Phi) is 3.36. The number of benzene rings is 4. The third kappa shape index (κ3) is 2.12. The van der Waals surface area contributed by atoms with Gasteiger partial charge in [0, 0.05) is 0 Å². The van der Waals surface area contributed by atoms with Crippen LogP contribution >= 0.6 is 0 Å². The van der Waals surface area contributed by atoms with Crippen molar-refractivity contribution in [2.75, 3.05) is 0 Å². The molecule has 0 N–H and O–H groups in total. The van der Waals surface area contributed by atoms with E-state index in [9.17, 15) is 0 Å². The molecule has 0 atom stereocenters. The Balaban J connectivity index is 1.49. The van der Waals surface area contributed by atoms with Crippen molar-refractivity contribution in [3.05, 3.63) is 119 Å². The maximum absolute atomic E-state index is 2.55. The molecule has 0 amide bonds. The SMILES string of the molecule is c1ccc2c(c1)-c1ccccc1[CH]2[Zr]1([CH]2c3ccccc3-c3ccccc32)[CH2][CH2]1. The standard InChI is InChI=1S/2C13H9.C2H4.Zr/c2*1-3-7-12-10(5-1)9-11-6-2-4-8-13(11)12;1-2;/h2*1-9H;1-2H2;. The predicted octanol–water partition coefficient (Wildman–Crippen LogP) is 7.53. The molecule has 0 spiro atoms. The van der Waals surface area contributed by atoms with Gasteiger partial charge in [-0.2, -0.15) is 0 Å². The van der Waals surface area contributed by atoms with Gasteiger partial charge in [0.2, 0.25) is 0 Å². The van der Waals surface area contributed by atoms with Gasteiger partial charge in [0.1, 0.15) is 0 Å². The van der Waals surface area contributed by atoms with E-state index in [0.717, 1.165) is 0 Å². The fourth-order valence-electron chi connectivity index (χ4n) is 6.44. The molecule has 3 aliphatic rings. The van der Waals surface area contributed by atoms with E-state index in [4.69, 9.17) is 0 Å². The monoisotopic (exact) mass is 448 g/mol. The van der Waals surface area contributed by atoms with Crippen LogP contribution in [-0.2, 0) is 20.3 Å². The van der Waals surface area contributed by atoms with Crippen LogP contribution in [0.4, 0.5) is 0 Å². The molecule has 0 radical (unpaired) electrons. The van der Waals surface area contributed by atoms with Crippen molar-refractivity contribution in [1.29, 1.82) is 0 Å². The fraction of sp³-hybridized carbons (Fsp3) is 0.143. The molecule has 1 aliphatic heterocycles. The molecule has 0 saturated carbocycles. The summed E-state index contributed by atoms with van der Waals surface area (Å²) in [6.07, 6.45) is 0. The Morgan fingerprint density at radius 1 is 0.414 bits per heavy atom. The van der Waals surface area contributed by atoms with E-state index in [1.807, 2.05) is 0 Å². The van der Waals surface area contributed by atoms with Crippen molar-refractivity contribution in [3.8, 4) is 22.3 Å². The van der Waals surface area contributed by atoms with E-state index < -0.39 is 20.3 Å². The van der Waals surface area contributed by atoms with Crippen LogP contribution in [-0.4, -0.2) is 0 Å². The quantitative estimate of drug-likeness (QED) is 0.297. The summed E-state index contributed by atoms with van der Waals surface area (Å²) in [5.74, 6) is 0. The predicted molar refractivity (Wildman–Crippen MR) is 117 cm³/mol. The van der Waals surface area contributed by atoms with Crippen LogP contribution < -0.4 is 0 Å². The summed E-state index contributed by atoms with van der Waals surface area (Å²) in [4.78, 5) is 0. The van der Waals surface area contributed by atoms with Crippen LogP contribution in [0.3, 0.4) is 0 Å². The molecule has 4 aromatic rings. The molecular weight excluding hydrogens is 428 g/mol. The van der Waals surface area contributed by atoms with Crippen LogP contribution in [0.15, 0.2) is 97.1 Å². The van der Waals surface area contributed by atoms with Gasteiger partial charge in [-0.05, 0) is 0 Å². The minimum atomic E-state index is -2.55. The Hall–Kier alpha value is -2.24. The van der Waals surface area contributed by atoms with Crippen molar-refractivity contribution >= 4 is 0 Å².